The second-order valence-electron chi connectivity index (χ2n) is 6.27. The quantitative estimate of drug-likeness (QED) is 0.366. The monoisotopic (exact) mass is 392 g/mol. The maximum Gasteiger partial charge on any atom is 0.0623 e. The van der Waals surface area contributed by atoms with Crippen molar-refractivity contribution in [2.45, 2.75) is 18.8 Å². The molecule has 1 aliphatic carbocycles. The van der Waals surface area contributed by atoms with E-state index < -0.39 is 0 Å². The first-order valence-corrected chi connectivity index (χ1v) is 9.03. The SMILES string of the molecule is O/N=C(\Cc1ccncc1)C[C@H]1c2ccccc2-c2cc(Br)ccc21. The average molecular weight is 393 g/mol. The summed E-state index contributed by atoms with van der Waals surface area (Å²) in [6, 6.07) is 18.8. The lowest BCUT2D eigenvalue weighted by molar-refractivity contribution is 0.316. The van der Waals surface area contributed by atoms with Crippen LogP contribution in [0.1, 0.15) is 29.0 Å². The van der Waals surface area contributed by atoms with E-state index in [2.05, 4.69) is 68.5 Å². The lowest BCUT2D eigenvalue weighted by Crippen LogP contribution is -2.10. The molecule has 1 aliphatic rings. The second-order valence-corrected chi connectivity index (χ2v) is 7.19. The molecule has 0 fully saturated rings. The molecule has 0 unspecified atom stereocenters. The van der Waals surface area contributed by atoms with Gasteiger partial charge >= 0.3 is 0 Å². The molecule has 0 saturated heterocycles. The Morgan fingerprint density at radius 1 is 1.00 bits per heavy atom. The summed E-state index contributed by atoms with van der Waals surface area (Å²) >= 11 is 3.58. The van der Waals surface area contributed by atoms with Crippen LogP contribution in [0.25, 0.3) is 11.1 Å². The number of fused-ring (bicyclic) bond motifs is 3. The molecule has 0 amide bonds. The van der Waals surface area contributed by atoms with Crippen molar-refractivity contribution in [3.8, 4) is 11.1 Å². The van der Waals surface area contributed by atoms with E-state index in [4.69, 9.17) is 0 Å². The van der Waals surface area contributed by atoms with Gasteiger partial charge in [-0.05, 0) is 52.1 Å². The minimum atomic E-state index is 0.215. The summed E-state index contributed by atoms with van der Waals surface area (Å²) in [7, 11) is 0. The van der Waals surface area contributed by atoms with Gasteiger partial charge in [-0.15, -0.1) is 0 Å². The highest BCUT2D eigenvalue weighted by molar-refractivity contribution is 9.10. The Morgan fingerprint density at radius 3 is 2.56 bits per heavy atom. The van der Waals surface area contributed by atoms with E-state index in [0.717, 1.165) is 15.7 Å². The predicted molar refractivity (Wildman–Crippen MR) is 103 cm³/mol. The molecule has 1 aromatic heterocycles. The van der Waals surface area contributed by atoms with Crippen LogP contribution in [0.2, 0.25) is 0 Å². The summed E-state index contributed by atoms with van der Waals surface area (Å²) < 4.78 is 1.08. The van der Waals surface area contributed by atoms with E-state index >= 15 is 0 Å². The Labute approximate surface area is 155 Å². The fourth-order valence-electron chi connectivity index (χ4n) is 3.62. The Balaban J connectivity index is 1.68. The van der Waals surface area contributed by atoms with Crippen molar-refractivity contribution in [3.05, 3.63) is 88.2 Å². The molecule has 124 valence electrons. The number of pyridine rings is 1. The molecule has 2 aromatic carbocycles. The second kappa shape index (κ2) is 6.81. The van der Waals surface area contributed by atoms with Crippen LogP contribution in [-0.4, -0.2) is 15.9 Å². The van der Waals surface area contributed by atoms with Gasteiger partial charge in [0.15, 0.2) is 0 Å². The van der Waals surface area contributed by atoms with E-state index in [1.54, 1.807) is 12.4 Å². The maximum atomic E-state index is 9.55. The number of halogens is 1. The van der Waals surface area contributed by atoms with Gasteiger partial charge in [0.25, 0.3) is 0 Å². The predicted octanol–water partition coefficient (Wildman–Crippen LogP) is 5.42. The number of nitrogens with zero attached hydrogens (tertiary/aromatic N) is 2. The lowest BCUT2D eigenvalue weighted by atomic mass is 9.90. The molecule has 0 radical (unpaired) electrons. The summed E-state index contributed by atoms with van der Waals surface area (Å²) in [6.45, 7) is 0. The van der Waals surface area contributed by atoms with Crippen molar-refractivity contribution in [2.75, 3.05) is 0 Å². The van der Waals surface area contributed by atoms with E-state index in [-0.39, 0.29) is 5.92 Å². The minimum absolute atomic E-state index is 0.215. The van der Waals surface area contributed by atoms with E-state index in [1.165, 1.54) is 22.3 Å². The largest absolute Gasteiger partial charge is 0.411 e. The fraction of sp³-hybridized carbons (Fsp3) is 0.143. The third-order valence-electron chi connectivity index (χ3n) is 4.76. The van der Waals surface area contributed by atoms with Gasteiger partial charge in [0, 0.05) is 35.6 Å². The topological polar surface area (TPSA) is 45.5 Å². The van der Waals surface area contributed by atoms with Crippen molar-refractivity contribution in [2.24, 2.45) is 5.16 Å². The van der Waals surface area contributed by atoms with Crippen LogP contribution in [0.5, 0.6) is 0 Å². The Bertz CT molecular complexity index is 938. The molecule has 4 rings (SSSR count). The maximum absolute atomic E-state index is 9.55. The van der Waals surface area contributed by atoms with Crippen molar-refractivity contribution in [3.63, 3.8) is 0 Å². The third-order valence-corrected chi connectivity index (χ3v) is 5.25. The number of benzene rings is 2. The van der Waals surface area contributed by atoms with Gasteiger partial charge in [0.2, 0.25) is 0 Å². The van der Waals surface area contributed by atoms with Crippen molar-refractivity contribution in [1.29, 1.82) is 0 Å². The molecule has 1 N–H and O–H groups in total. The van der Waals surface area contributed by atoms with Gasteiger partial charge < -0.3 is 5.21 Å². The molecule has 0 saturated carbocycles. The van der Waals surface area contributed by atoms with Gasteiger partial charge in [-0.2, -0.15) is 0 Å². The van der Waals surface area contributed by atoms with E-state index in [0.29, 0.717) is 12.8 Å². The molecule has 4 heteroatoms. The van der Waals surface area contributed by atoms with Crippen molar-refractivity contribution < 1.29 is 5.21 Å². The summed E-state index contributed by atoms with van der Waals surface area (Å²) in [6.07, 6.45) is 4.86. The number of rotatable bonds is 4. The van der Waals surface area contributed by atoms with E-state index in [1.807, 2.05) is 12.1 Å². The highest BCUT2D eigenvalue weighted by atomic mass is 79.9. The molecule has 3 aromatic rings. The van der Waals surface area contributed by atoms with Gasteiger partial charge in [0.1, 0.15) is 0 Å². The van der Waals surface area contributed by atoms with E-state index in [9.17, 15) is 5.21 Å². The molecular formula is C21H17BrN2O. The summed E-state index contributed by atoms with van der Waals surface area (Å²) in [5, 5.41) is 13.1. The zero-order valence-electron chi connectivity index (χ0n) is 13.6. The molecular weight excluding hydrogens is 376 g/mol. The van der Waals surface area contributed by atoms with Crippen molar-refractivity contribution >= 4 is 21.6 Å². The number of oxime groups is 1. The Kier molecular flexibility index (Phi) is 4.36. The molecule has 0 spiro atoms. The van der Waals surface area contributed by atoms with Gasteiger partial charge in [-0.25, -0.2) is 0 Å². The third kappa shape index (κ3) is 3.10. The first kappa shape index (κ1) is 16.0. The lowest BCUT2D eigenvalue weighted by Gasteiger charge is -2.15. The van der Waals surface area contributed by atoms with Crippen LogP contribution in [0, 0.1) is 0 Å². The van der Waals surface area contributed by atoms with Crippen LogP contribution in [0.3, 0.4) is 0 Å². The number of hydrogen-bond donors (Lipinski definition) is 1. The highest BCUT2D eigenvalue weighted by Crippen LogP contribution is 2.47. The van der Waals surface area contributed by atoms with Crippen LogP contribution in [0.4, 0.5) is 0 Å². The molecule has 1 heterocycles. The standard InChI is InChI=1S/C21H17BrN2O/c22-15-5-6-19-20(12-15)17-3-1-2-4-18(17)21(19)13-16(24-25)11-14-7-9-23-10-8-14/h1-10,12,21,25H,11,13H2/b24-16+/t21-/m0/s1. The van der Waals surface area contributed by atoms with Crippen LogP contribution in [0.15, 0.2) is 76.6 Å². The number of aromatic nitrogens is 1. The molecule has 25 heavy (non-hydrogen) atoms. The van der Waals surface area contributed by atoms with Gasteiger partial charge in [-0.3, -0.25) is 4.98 Å². The normalized spacial score (nSPS) is 15.7. The zero-order valence-corrected chi connectivity index (χ0v) is 15.1. The minimum Gasteiger partial charge on any atom is -0.411 e. The molecule has 3 nitrogen and oxygen atoms in total. The Hall–Kier alpha value is -2.46. The highest BCUT2D eigenvalue weighted by Gasteiger charge is 2.29. The zero-order chi connectivity index (χ0) is 17.2. The van der Waals surface area contributed by atoms with Crippen molar-refractivity contribution in [1.82, 2.24) is 4.98 Å². The molecule has 0 bridgehead atoms. The summed E-state index contributed by atoms with van der Waals surface area (Å²) in [5.41, 5.74) is 7.00. The van der Waals surface area contributed by atoms with Crippen LogP contribution < -0.4 is 0 Å². The van der Waals surface area contributed by atoms with Gasteiger partial charge in [0.05, 0.1) is 5.71 Å². The summed E-state index contributed by atoms with van der Waals surface area (Å²) in [4.78, 5) is 4.04. The first-order chi connectivity index (χ1) is 12.3. The van der Waals surface area contributed by atoms with Gasteiger partial charge in [-0.1, -0.05) is 51.4 Å². The Morgan fingerprint density at radius 2 is 1.76 bits per heavy atom. The summed E-state index contributed by atoms with van der Waals surface area (Å²) in [5.74, 6) is 0.215. The number of hydrogen-bond acceptors (Lipinski definition) is 3. The van der Waals surface area contributed by atoms with Crippen LogP contribution in [-0.2, 0) is 6.42 Å². The first-order valence-electron chi connectivity index (χ1n) is 8.23. The molecule has 0 aliphatic heterocycles. The fourth-order valence-corrected chi connectivity index (χ4v) is 3.98. The van der Waals surface area contributed by atoms with Crippen LogP contribution >= 0.6 is 15.9 Å². The smallest absolute Gasteiger partial charge is 0.0623 e. The molecule has 1 atom stereocenters. The average Bonchev–Trinajstić information content (AvgIpc) is 2.95.